The highest BCUT2D eigenvalue weighted by Crippen LogP contribution is 2.30. The van der Waals surface area contributed by atoms with Gasteiger partial charge in [0.25, 0.3) is 0 Å². The fraction of sp³-hybridized carbons (Fsp3) is 0. The van der Waals surface area contributed by atoms with E-state index in [0.717, 1.165) is 12.1 Å². The summed E-state index contributed by atoms with van der Waals surface area (Å²) in [5, 5.41) is 9.80. The van der Waals surface area contributed by atoms with Crippen molar-refractivity contribution in [3.8, 4) is 11.3 Å². The van der Waals surface area contributed by atoms with Gasteiger partial charge < -0.3 is 5.11 Å². The molecule has 6 heteroatoms. The summed E-state index contributed by atoms with van der Waals surface area (Å²) in [6.07, 6.45) is 0. The van der Waals surface area contributed by atoms with Gasteiger partial charge >= 0.3 is 5.97 Å². The molecular formula is C16H8BrF2NO2. The molecule has 0 radical (unpaired) electrons. The van der Waals surface area contributed by atoms with Gasteiger partial charge in [0, 0.05) is 21.5 Å². The van der Waals surface area contributed by atoms with E-state index < -0.39 is 17.6 Å². The van der Waals surface area contributed by atoms with E-state index in [1.54, 1.807) is 18.2 Å². The van der Waals surface area contributed by atoms with E-state index in [4.69, 9.17) is 0 Å². The lowest BCUT2D eigenvalue weighted by Gasteiger charge is -2.09. The Morgan fingerprint density at radius 3 is 2.59 bits per heavy atom. The third kappa shape index (κ3) is 2.46. The summed E-state index contributed by atoms with van der Waals surface area (Å²) in [6, 6.07) is 9.40. The number of pyridine rings is 1. The lowest BCUT2D eigenvalue weighted by atomic mass is 10.0. The molecule has 1 heterocycles. The zero-order valence-corrected chi connectivity index (χ0v) is 12.6. The van der Waals surface area contributed by atoms with Crippen molar-refractivity contribution in [1.82, 2.24) is 4.98 Å². The highest BCUT2D eigenvalue weighted by Gasteiger charge is 2.16. The molecule has 0 saturated heterocycles. The number of nitrogens with zero attached hydrogens (tertiary/aromatic N) is 1. The average molecular weight is 364 g/mol. The van der Waals surface area contributed by atoms with Gasteiger partial charge in [-0.25, -0.2) is 18.6 Å². The lowest BCUT2D eigenvalue weighted by Crippen LogP contribution is -2.01. The minimum atomic E-state index is -1.14. The van der Waals surface area contributed by atoms with Crippen molar-refractivity contribution in [2.24, 2.45) is 0 Å². The van der Waals surface area contributed by atoms with Crippen molar-refractivity contribution in [2.75, 3.05) is 0 Å². The van der Waals surface area contributed by atoms with Crippen LogP contribution >= 0.6 is 15.9 Å². The van der Waals surface area contributed by atoms with Crippen LogP contribution in [0, 0.1) is 11.6 Å². The Kier molecular flexibility index (Phi) is 3.62. The van der Waals surface area contributed by atoms with Crippen LogP contribution in [0.15, 0.2) is 46.9 Å². The number of carboxylic acids is 1. The Labute approximate surface area is 132 Å². The first-order valence-electron chi connectivity index (χ1n) is 6.25. The Balaban J connectivity index is 2.36. The van der Waals surface area contributed by atoms with Crippen molar-refractivity contribution in [2.45, 2.75) is 0 Å². The predicted molar refractivity (Wildman–Crippen MR) is 81.8 cm³/mol. The molecule has 3 aromatic rings. The number of halogens is 3. The van der Waals surface area contributed by atoms with Gasteiger partial charge in [0.2, 0.25) is 0 Å². The van der Waals surface area contributed by atoms with Crippen LogP contribution in [0.1, 0.15) is 10.4 Å². The van der Waals surface area contributed by atoms with Crippen molar-refractivity contribution in [3.63, 3.8) is 0 Å². The van der Waals surface area contributed by atoms with Crippen LogP contribution in [0.25, 0.3) is 22.2 Å². The van der Waals surface area contributed by atoms with E-state index in [9.17, 15) is 18.7 Å². The number of aromatic nitrogens is 1. The van der Waals surface area contributed by atoms with Gasteiger partial charge in [0.1, 0.15) is 11.6 Å². The molecule has 0 aliphatic heterocycles. The fourth-order valence-electron chi connectivity index (χ4n) is 2.23. The average Bonchev–Trinajstić information content (AvgIpc) is 2.47. The Hall–Kier alpha value is -2.34. The lowest BCUT2D eigenvalue weighted by molar-refractivity contribution is 0.0699. The van der Waals surface area contributed by atoms with E-state index in [-0.39, 0.29) is 16.8 Å². The number of benzene rings is 2. The molecule has 0 aliphatic carbocycles. The van der Waals surface area contributed by atoms with Crippen molar-refractivity contribution in [3.05, 3.63) is 64.1 Å². The highest BCUT2D eigenvalue weighted by atomic mass is 79.9. The van der Waals surface area contributed by atoms with Crippen molar-refractivity contribution in [1.29, 1.82) is 0 Å². The molecule has 0 amide bonds. The SMILES string of the molecule is O=C(O)c1cc(-c2ccc(F)cc2F)nc2c(Br)cccc12. The normalized spacial score (nSPS) is 10.9. The standard InChI is InChI=1S/C16H8BrF2NO2/c17-12-3-1-2-9-11(16(21)22)7-14(20-15(9)12)10-5-4-8(18)6-13(10)19/h1-7H,(H,21,22). The summed E-state index contributed by atoms with van der Waals surface area (Å²) in [5.74, 6) is -2.65. The van der Waals surface area contributed by atoms with Gasteiger partial charge in [0.05, 0.1) is 16.8 Å². The minimum Gasteiger partial charge on any atom is -0.478 e. The molecule has 1 N–H and O–H groups in total. The van der Waals surface area contributed by atoms with Crippen LogP contribution in [0.3, 0.4) is 0 Å². The number of hydrogen-bond acceptors (Lipinski definition) is 2. The second kappa shape index (κ2) is 5.46. The van der Waals surface area contributed by atoms with E-state index in [0.29, 0.717) is 15.4 Å². The van der Waals surface area contributed by atoms with Crippen molar-refractivity contribution < 1.29 is 18.7 Å². The summed E-state index contributed by atoms with van der Waals surface area (Å²) in [4.78, 5) is 15.8. The maximum Gasteiger partial charge on any atom is 0.336 e. The maximum atomic E-state index is 13.9. The maximum absolute atomic E-state index is 13.9. The fourth-order valence-corrected chi connectivity index (χ4v) is 2.68. The molecule has 3 nitrogen and oxygen atoms in total. The second-order valence-electron chi connectivity index (χ2n) is 4.62. The number of aromatic carboxylic acids is 1. The Morgan fingerprint density at radius 1 is 1.14 bits per heavy atom. The van der Waals surface area contributed by atoms with Gasteiger partial charge in [-0.05, 0) is 40.2 Å². The van der Waals surface area contributed by atoms with Crippen LogP contribution in [0.2, 0.25) is 0 Å². The quantitative estimate of drug-likeness (QED) is 0.721. The molecule has 22 heavy (non-hydrogen) atoms. The minimum absolute atomic E-state index is 0.00465. The first kappa shape index (κ1) is 14.6. The molecule has 0 saturated carbocycles. The second-order valence-corrected chi connectivity index (χ2v) is 5.47. The number of carboxylic acid groups (broad SMARTS) is 1. The van der Waals surface area contributed by atoms with E-state index in [2.05, 4.69) is 20.9 Å². The smallest absolute Gasteiger partial charge is 0.336 e. The molecule has 0 unspecified atom stereocenters. The topological polar surface area (TPSA) is 50.2 Å². The van der Waals surface area contributed by atoms with Crippen LogP contribution in [-0.4, -0.2) is 16.1 Å². The summed E-state index contributed by atoms with van der Waals surface area (Å²) in [7, 11) is 0. The van der Waals surface area contributed by atoms with Crippen molar-refractivity contribution >= 4 is 32.8 Å². The monoisotopic (exact) mass is 363 g/mol. The Morgan fingerprint density at radius 2 is 1.91 bits per heavy atom. The highest BCUT2D eigenvalue weighted by molar-refractivity contribution is 9.10. The summed E-state index contributed by atoms with van der Waals surface area (Å²) >= 11 is 3.31. The molecule has 3 rings (SSSR count). The molecule has 0 atom stereocenters. The molecule has 110 valence electrons. The summed E-state index contributed by atoms with van der Waals surface area (Å²) in [5.41, 5.74) is 0.585. The van der Waals surface area contributed by atoms with Crippen LogP contribution in [0.4, 0.5) is 8.78 Å². The number of para-hydroxylation sites is 1. The number of rotatable bonds is 2. The van der Waals surface area contributed by atoms with Gasteiger partial charge in [0.15, 0.2) is 0 Å². The van der Waals surface area contributed by atoms with Crippen LogP contribution in [0.5, 0.6) is 0 Å². The summed E-state index contributed by atoms with van der Waals surface area (Å²) in [6.45, 7) is 0. The molecular weight excluding hydrogens is 356 g/mol. The van der Waals surface area contributed by atoms with E-state index in [1.165, 1.54) is 12.1 Å². The predicted octanol–water partition coefficient (Wildman–Crippen LogP) is 4.64. The molecule has 1 aromatic heterocycles. The summed E-state index contributed by atoms with van der Waals surface area (Å²) < 4.78 is 27.6. The third-order valence-corrected chi connectivity index (χ3v) is 3.87. The van der Waals surface area contributed by atoms with Crippen LogP contribution < -0.4 is 0 Å². The molecule has 0 spiro atoms. The third-order valence-electron chi connectivity index (χ3n) is 3.23. The molecule has 2 aromatic carbocycles. The van der Waals surface area contributed by atoms with Gasteiger partial charge in [-0.2, -0.15) is 0 Å². The zero-order valence-electron chi connectivity index (χ0n) is 11.0. The van der Waals surface area contributed by atoms with Gasteiger partial charge in [-0.15, -0.1) is 0 Å². The Bertz CT molecular complexity index is 912. The zero-order chi connectivity index (χ0) is 15.9. The first-order chi connectivity index (χ1) is 10.5. The largest absolute Gasteiger partial charge is 0.478 e. The molecule has 0 bridgehead atoms. The van der Waals surface area contributed by atoms with E-state index in [1.807, 2.05) is 0 Å². The molecule has 0 aliphatic rings. The number of carbonyl (C=O) groups is 1. The van der Waals surface area contributed by atoms with Gasteiger partial charge in [-0.1, -0.05) is 12.1 Å². The van der Waals surface area contributed by atoms with E-state index >= 15 is 0 Å². The molecule has 0 fully saturated rings. The van der Waals surface area contributed by atoms with Gasteiger partial charge in [-0.3, -0.25) is 0 Å². The first-order valence-corrected chi connectivity index (χ1v) is 7.04. The van der Waals surface area contributed by atoms with Crippen LogP contribution in [-0.2, 0) is 0 Å². The number of fused-ring (bicyclic) bond motifs is 1. The number of hydrogen-bond donors (Lipinski definition) is 1.